The molecule has 0 aromatic carbocycles. The van der Waals surface area contributed by atoms with Gasteiger partial charge in [-0.2, -0.15) is 0 Å². The number of aromatic nitrogens is 1. The summed E-state index contributed by atoms with van der Waals surface area (Å²) in [5.74, 6) is -2.68. The van der Waals surface area contributed by atoms with Gasteiger partial charge in [-0.15, -0.1) is 5.16 Å². The maximum atomic E-state index is 13.1. The van der Waals surface area contributed by atoms with Gasteiger partial charge in [0.1, 0.15) is 5.82 Å². The highest BCUT2D eigenvalue weighted by Gasteiger charge is 2.71. The monoisotopic (exact) mass is 267 g/mol. The lowest BCUT2D eigenvalue weighted by molar-refractivity contribution is 0.0797. The Morgan fingerprint density at radius 1 is 1.47 bits per heavy atom. The molecular formula is C13H15F2N3O. The SMILES string of the molecule is Cc1nc(N2CC3C(C2)C3(F)F)ccc1CC=NO. The van der Waals surface area contributed by atoms with E-state index in [1.54, 1.807) is 0 Å². The van der Waals surface area contributed by atoms with E-state index >= 15 is 0 Å². The number of rotatable bonds is 3. The largest absolute Gasteiger partial charge is 0.411 e. The van der Waals surface area contributed by atoms with Crippen LogP contribution >= 0.6 is 0 Å². The average molecular weight is 267 g/mol. The van der Waals surface area contributed by atoms with Gasteiger partial charge in [0.25, 0.3) is 5.92 Å². The minimum absolute atomic E-state index is 0.390. The molecule has 2 aliphatic rings. The van der Waals surface area contributed by atoms with E-state index in [-0.39, 0.29) is 0 Å². The fourth-order valence-electron chi connectivity index (χ4n) is 2.80. The van der Waals surface area contributed by atoms with Gasteiger partial charge in [0.15, 0.2) is 0 Å². The predicted molar refractivity (Wildman–Crippen MR) is 67.1 cm³/mol. The molecule has 0 radical (unpaired) electrons. The molecule has 6 heteroatoms. The van der Waals surface area contributed by atoms with Crippen LogP contribution < -0.4 is 4.90 Å². The summed E-state index contributed by atoms with van der Waals surface area (Å²) >= 11 is 0. The van der Waals surface area contributed by atoms with Crippen LogP contribution in [0, 0.1) is 18.8 Å². The summed E-state index contributed by atoms with van der Waals surface area (Å²) < 4.78 is 26.3. The van der Waals surface area contributed by atoms with E-state index < -0.39 is 17.8 Å². The van der Waals surface area contributed by atoms with Gasteiger partial charge >= 0.3 is 0 Å². The smallest absolute Gasteiger partial charge is 0.258 e. The Hall–Kier alpha value is -1.72. The summed E-state index contributed by atoms with van der Waals surface area (Å²) in [6.07, 6.45) is 1.91. The van der Waals surface area contributed by atoms with Gasteiger partial charge in [-0.1, -0.05) is 6.07 Å². The number of oxime groups is 1. The van der Waals surface area contributed by atoms with Crippen molar-refractivity contribution < 1.29 is 14.0 Å². The third kappa shape index (κ3) is 1.95. The molecule has 0 spiro atoms. The minimum Gasteiger partial charge on any atom is -0.411 e. The molecule has 4 nitrogen and oxygen atoms in total. The molecule has 1 aliphatic carbocycles. The van der Waals surface area contributed by atoms with Crippen LogP contribution in [0.5, 0.6) is 0 Å². The van der Waals surface area contributed by atoms with E-state index in [4.69, 9.17) is 5.21 Å². The van der Waals surface area contributed by atoms with Crippen molar-refractivity contribution in [3.8, 4) is 0 Å². The number of aryl methyl sites for hydroxylation is 1. The Balaban J connectivity index is 1.72. The summed E-state index contributed by atoms with van der Waals surface area (Å²) in [4.78, 5) is 6.37. The third-order valence-electron chi connectivity index (χ3n) is 4.10. The average Bonchev–Trinajstić information content (AvgIpc) is 2.79. The molecule has 0 amide bonds. The number of alkyl halides is 2. The Labute approximate surface area is 109 Å². The Kier molecular flexibility index (Phi) is 2.69. The van der Waals surface area contributed by atoms with Crippen LogP contribution in [0.15, 0.2) is 17.3 Å². The van der Waals surface area contributed by atoms with Crippen molar-refractivity contribution >= 4 is 12.0 Å². The number of hydrogen-bond acceptors (Lipinski definition) is 4. The molecule has 102 valence electrons. The van der Waals surface area contributed by atoms with Gasteiger partial charge in [0, 0.05) is 31.4 Å². The maximum absolute atomic E-state index is 13.1. The van der Waals surface area contributed by atoms with Gasteiger partial charge in [0.05, 0.1) is 11.8 Å². The molecule has 1 N–H and O–H groups in total. The normalized spacial score (nSPS) is 27.8. The van der Waals surface area contributed by atoms with Crippen molar-refractivity contribution in [2.45, 2.75) is 19.3 Å². The van der Waals surface area contributed by atoms with Crippen LogP contribution in [0.2, 0.25) is 0 Å². The summed E-state index contributed by atoms with van der Waals surface area (Å²) in [5, 5.41) is 11.4. The number of hydrogen-bond donors (Lipinski definition) is 1. The van der Waals surface area contributed by atoms with Crippen LogP contribution in [0.3, 0.4) is 0 Å². The van der Waals surface area contributed by atoms with Crippen molar-refractivity contribution in [1.29, 1.82) is 0 Å². The molecule has 1 aromatic rings. The van der Waals surface area contributed by atoms with Crippen molar-refractivity contribution in [2.75, 3.05) is 18.0 Å². The number of anilines is 1. The molecule has 1 saturated carbocycles. The van der Waals surface area contributed by atoms with E-state index in [0.717, 1.165) is 17.1 Å². The molecule has 1 saturated heterocycles. The maximum Gasteiger partial charge on any atom is 0.258 e. The van der Waals surface area contributed by atoms with Crippen LogP contribution in [0.25, 0.3) is 0 Å². The zero-order valence-electron chi connectivity index (χ0n) is 10.6. The second-order valence-electron chi connectivity index (χ2n) is 5.21. The van der Waals surface area contributed by atoms with E-state index in [1.165, 1.54) is 6.21 Å². The topological polar surface area (TPSA) is 48.7 Å². The van der Waals surface area contributed by atoms with Crippen LogP contribution in [-0.4, -0.2) is 35.4 Å². The van der Waals surface area contributed by atoms with Gasteiger partial charge in [-0.3, -0.25) is 0 Å². The third-order valence-corrected chi connectivity index (χ3v) is 4.10. The Morgan fingerprint density at radius 3 is 2.74 bits per heavy atom. The highest BCUT2D eigenvalue weighted by Crippen LogP contribution is 2.59. The lowest BCUT2D eigenvalue weighted by Gasteiger charge is -2.21. The molecular weight excluding hydrogens is 252 g/mol. The molecule has 2 unspecified atom stereocenters. The standard InChI is InChI=1S/C13H15F2N3O/c1-8-9(4-5-16-19)2-3-12(17-8)18-6-10-11(7-18)13(10,14)15/h2-3,5,10-11,19H,4,6-7H2,1H3. The van der Waals surface area contributed by atoms with Crippen LogP contribution in [0.4, 0.5) is 14.6 Å². The number of fused-ring (bicyclic) bond motifs is 1. The predicted octanol–water partition coefficient (Wildman–Crippen LogP) is 2.09. The second kappa shape index (κ2) is 4.15. The highest BCUT2D eigenvalue weighted by molar-refractivity contribution is 5.61. The Morgan fingerprint density at radius 2 is 2.16 bits per heavy atom. The van der Waals surface area contributed by atoms with E-state index in [0.29, 0.717) is 19.5 Å². The number of pyridine rings is 1. The van der Waals surface area contributed by atoms with Crippen molar-refractivity contribution in [2.24, 2.45) is 17.0 Å². The highest BCUT2D eigenvalue weighted by atomic mass is 19.3. The first-order chi connectivity index (χ1) is 9.04. The zero-order chi connectivity index (χ0) is 13.6. The number of piperidine rings is 1. The molecule has 2 atom stereocenters. The van der Waals surface area contributed by atoms with Crippen molar-refractivity contribution in [3.63, 3.8) is 0 Å². The van der Waals surface area contributed by atoms with Gasteiger partial charge in [-0.25, -0.2) is 13.8 Å². The number of nitrogens with zero attached hydrogens (tertiary/aromatic N) is 3. The summed E-state index contributed by atoms with van der Waals surface area (Å²) in [7, 11) is 0. The lowest BCUT2D eigenvalue weighted by atomic mass is 10.1. The summed E-state index contributed by atoms with van der Waals surface area (Å²) in [6.45, 7) is 2.65. The quantitative estimate of drug-likeness (QED) is 0.518. The first kappa shape index (κ1) is 12.3. The van der Waals surface area contributed by atoms with Gasteiger partial charge in [-0.05, 0) is 18.6 Å². The molecule has 1 aliphatic heterocycles. The van der Waals surface area contributed by atoms with Gasteiger partial charge in [0.2, 0.25) is 0 Å². The Bertz CT molecular complexity index is 519. The van der Waals surface area contributed by atoms with Crippen molar-refractivity contribution in [3.05, 3.63) is 23.4 Å². The van der Waals surface area contributed by atoms with Crippen molar-refractivity contribution in [1.82, 2.24) is 4.98 Å². The van der Waals surface area contributed by atoms with Gasteiger partial charge < -0.3 is 10.1 Å². The van der Waals surface area contributed by atoms with E-state index in [1.807, 2.05) is 24.0 Å². The fraction of sp³-hybridized carbons (Fsp3) is 0.538. The summed E-state index contributed by atoms with van der Waals surface area (Å²) in [5.41, 5.74) is 1.81. The fourth-order valence-corrected chi connectivity index (χ4v) is 2.80. The van der Waals surface area contributed by atoms with Crippen LogP contribution in [-0.2, 0) is 6.42 Å². The molecule has 19 heavy (non-hydrogen) atoms. The first-order valence-corrected chi connectivity index (χ1v) is 6.29. The van der Waals surface area contributed by atoms with Crippen LogP contribution in [0.1, 0.15) is 11.3 Å². The van der Waals surface area contributed by atoms with E-state index in [9.17, 15) is 8.78 Å². The molecule has 0 bridgehead atoms. The molecule has 2 heterocycles. The second-order valence-corrected chi connectivity index (χ2v) is 5.21. The lowest BCUT2D eigenvalue weighted by Crippen LogP contribution is -2.28. The first-order valence-electron chi connectivity index (χ1n) is 6.29. The molecule has 3 rings (SSSR count). The van der Waals surface area contributed by atoms with E-state index in [2.05, 4.69) is 10.1 Å². The zero-order valence-corrected chi connectivity index (χ0v) is 10.6. The molecule has 1 aromatic heterocycles. The summed E-state index contributed by atoms with van der Waals surface area (Å²) in [6, 6.07) is 3.75. The molecule has 2 fully saturated rings. The number of halogens is 2. The minimum atomic E-state index is -2.46.